The Labute approximate surface area is 167 Å². The minimum absolute atomic E-state index is 0.0355. The van der Waals surface area contributed by atoms with Gasteiger partial charge in [0.15, 0.2) is 11.6 Å². The highest BCUT2D eigenvalue weighted by Crippen LogP contribution is 2.27. The first kappa shape index (κ1) is 18.6. The van der Waals surface area contributed by atoms with E-state index < -0.39 is 0 Å². The van der Waals surface area contributed by atoms with E-state index in [9.17, 15) is 14.4 Å². The van der Waals surface area contributed by atoms with Crippen LogP contribution in [-0.4, -0.2) is 35.5 Å². The molecule has 1 fully saturated rings. The largest absolute Gasteiger partial charge is 0.337 e. The maximum atomic E-state index is 13.2. The van der Waals surface area contributed by atoms with Gasteiger partial charge in [-0.05, 0) is 42.7 Å². The number of nitrogens with zero attached hydrogens (tertiary/aromatic N) is 1. The molecule has 0 radical (unpaired) electrons. The lowest BCUT2D eigenvalue weighted by atomic mass is 9.88. The number of hydrogen-bond acceptors (Lipinski definition) is 4. The number of carbonyl (C=O) groups is 3. The van der Waals surface area contributed by atoms with Crippen LogP contribution in [-0.2, 0) is 0 Å². The second kappa shape index (κ2) is 7.68. The van der Waals surface area contributed by atoms with E-state index in [4.69, 9.17) is 0 Å². The molecule has 3 aromatic rings. The molecular formula is C23H21NO3S. The van der Waals surface area contributed by atoms with Crippen molar-refractivity contribution in [2.24, 2.45) is 5.92 Å². The summed E-state index contributed by atoms with van der Waals surface area (Å²) in [6.07, 6.45) is 1.59. The van der Waals surface area contributed by atoms with Crippen molar-refractivity contribution in [2.45, 2.75) is 19.8 Å². The summed E-state index contributed by atoms with van der Waals surface area (Å²) in [7, 11) is 0. The van der Waals surface area contributed by atoms with Crippen molar-refractivity contribution in [2.75, 3.05) is 13.1 Å². The van der Waals surface area contributed by atoms with Gasteiger partial charge in [0.1, 0.15) is 0 Å². The van der Waals surface area contributed by atoms with E-state index in [1.54, 1.807) is 17.0 Å². The molecule has 1 aromatic heterocycles. The number of fused-ring (bicyclic) bond motifs is 1. The van der Waals surface area contributed by atoms with Gasteiger partial charge in [-0.2, -0.15) is 0 Å². The number of hydrogen-bond donors (Lipinski definition) is 0. The Hall–Kier alpha value is -2.79. The van der Waals surface area contributed by atoms with Gasteiger partial charge in [0.2, 0.25) is 0 Å². The van der Waals surface area contributed by atoms with Crippen molar-refractivity contribution in [1.29, 1.82) is 0 Å². The highest BCUT2D eigenvalue weighted by molar-refractivity contribution is 7.15. The van der Waals surface area contributed by atoms with Gasteiger partial charge in [0, 0.05) is 24.6 Å². The highest BCUT2D eigenvalue weighted by atomic mass is 32.1. The van der Waals surface area contributed by atoms with Crippen molar-refractivity contribution in [1.82, 2.24) is 4.90 Å². The first-order valence-electron chi connectivity index (χ1n) is 9.46. The quantitative estimate of drug-likeness (QED) is 0.598. The number of likely N-dealkylation sites (tertiary alicyclic amines) is 1. The summed E-state index contributed by atoms with van der Waals surface area (Å²) in [5.41, 5.74) is 0.729. The van der Waals surface area contributed by atoms with Gasteiger partial charge < -0.3 is 4.90 Å². The van der Waals surface area contributed by atoms with Crippen LogP contribution in [0.15, 0.2) is 54.6 Å². The molecule has 4 nitrogen and oxygen atoms in total. The summed E-state index contributed by atoms with van der Waals surface area (Å²) in [5, 5.41) is 2.01. The Morgan fingerprint density at radius 3 is 2.50 bits per heavy atom. The van der Waals surface area contributed by atoms with Gasteiger partial charge >= 0.3 is 0 Å². The van der Waals surface area contributed by atoms with Crippen LogP contribution in [0.2, 0.25) is 0 Å². The second-order valence-electron chi connectivity index (χ2n) is 7.20. The van der Waals surface area contributed by atoms with Crippen LogP contribution < -0.4 is 0 Å². The number of Topliss-reactive ketones (excluding diaryl/α,β-unsaturated/α-hetero) is 2. The van der Waals surface area contributed by atoms with E-state index >= 15 is 0 Å². The first-order valence-corrected chi connectivity index (χ1v) is 10.3. The summed E-state index contributed by atoms with van der Waals surface area (Å²) in [6, 6.07) is 17.1. The van der Waals surface area contributed by atoms with Crippen molar-refractivity contribution >= 4 is 39.6 Å². The number of ketones is 2. The molecule has 142 valence electrons. The fraction of sp³-hybridized carbons (Fsp3) is 0.261. The first-order chi connectivity index (χ1) is 13.5. The van der Waals surface area contributed by atoms with Crippen LogP contribution >= 0.6 is 11.3 Å². The Morgan fingerprint density at radius 2 is 1.71 bits per heavy atom. The average Bonchev–Trinajstić information content (AvgIpc) is 3.23. The molecule has 4 rings (SSSR count). The Balaban J connectivity index is 1.55. The SMILES string of the molecule is CC(=O)c1ccc(C(=O)N2CCC[C@@H](C(=O)c3cccc4ccccc34)C2)s1. The van der Waals surface area contributed by atoms with E-state index in [1.165, 1.54) is 18.3 Å². The smallest absolute Gasteiger partial charge is 0.263 e. The summed E-state index contributed by atoms with van der Waals surface area (Å²) < 4.78 is 0. The third-order valence-electron chi connectivity index (χ3n) is 5.30. The number of carbonyl (C=O) groups excluding carboxylic acids is 3. The minimum Gasteiger partial charge on any atom is -0.337 e. The number of piperidine rings is 1. The summed E-state index contributed by atoms with van der Waals surface area (Å²) in [4.78, 5) is 40.5. The maximum absolute atomic E-state index is 13.2. The summed E-state index contributed by atoms with van der Waals surface area (Å²) in [5.74, 6) is -0.222. The Bertz CT molecular complexity index is 1060. The van der Waals surface area contributed by atoms with Crippen molar-refractivity contribution in [3.63, 3.8) is 0 Å². The molecule has 5 heteroatoms. The molecule has 0 unspecified atom stereocenters. The normalized spacial score (nSPS) is 16.9. The molecule has 2 aromatic carbocycles. The lowest BCUT2D eigenvalue weighted by molar-refractivity contribution is 0.0641. The van der Waals surface area contributed by atoms with E-state index in [0.29, 0.717) is 22.8 Å². The molecule has 0 N–H and O–H groups in total. The number of rotatable bonds is 4. The molecule has 2 heterocycles. The van der Waals surface area contributed by atoms with Crippen LogP contribution in [0.3, 0.4) is 0 Å². The fourth-order valence-corrected chi connectivity index (χ4v) is 4.70. The third-order valence-corrected chi connectivity index (χ3v) is 6.47. The molecule has 0 aliphatic carbocycles. The number of thiophene rings is 1. The lowest BCUT2D eigenvalue weighted by Gasteiger charge is -2.32. The van der Waals surface area contributed by atoms with Gasteiger partial charge in [0.25, 0.3) is 5.91 Å². The van der Waals surface area contributed by atoms with Crippen LogP contribution in [0.25, 0.3) is 10.8 Å². The molecule has 0 saturated carbocycles. The molecule has 1 aliphatic heterocycles. The molecule has 0 spiro atoms. The molecule has 1 saturated heterocycles. The van der Waals surface area contributed by atoms with E-state index in [2.05, 4.69) is 0 Å². The highest BCUT2D eigenvalue weighted by Gasteiger charge is 2.30. The Morgan fingerprint density at radius 1 is 0.964 bits per heavy atom. The van der Waals surface area contributed by atoms with Gasteiger partial charge in [-0.15, -0.1) is 11.3 Å². The topological polar surface area (TPSA) is 54.5 Å². The van der Waals surface area contributed by atoms with Gasteiger partial charge in [0.05, 0.1) is 9.75 Å². The number of benzene rings is 2. The predicted molar refractivity (Wildman–Crippen MR) is 111 cm³/mol. The molecule has 28 heavy (non-hydrogen) atoms. The maximum Gasteiger partial charge on any atom is 0.263 e. The van der Waals surface area contributed by atoms with E-state index in [1.807, 2.05) is 42.5 Å². The summed E-state index contributed by atoms with van der Waals surface area (Å²) >= 11 is 1.22. The lowest BCUT2D eigenvalue weighted by Crippen LogP contribution is -2.42. The second-order valence-corrected chi connectivity index (χ2v) is 8.29. The van der Waals surface area contributed by atoms with Crippen LogP contribution in [0.5, 0.6) is 0 Å². The molecular weight excluding hydrogens is 370 g/mol. The molecule has 1 aliphatic rings. The van der Waals surface area contributed by atoms with Crippen molar-refractivity contribution < 1.29 is 14.4 Å². The Kier molecular flexibility index (Phi) is 5.09. The average molecular weight is 391 g/mol. The standard InChI is InChI=1S/C23H21NO3S/c1-15(25)20-11-12-21(28-20)23(27)24-13-5-8-17(14-24)22(26)19-10-4-7-16-6-2-3-9-18(16)19/h2-4,6-7,9-12,17H,5,8,13-14H2,1H3/t17-/m1/s1. The van der Waals surface area contributed by atoms with E-state index in [-0.39, 0.29) is 23.4 Å². The van der Waals surface area contributed by atoms with Gasteiger partial charge in [-0.25, -0.2) is 0 Å². The van der Waals surface area contributed by atoms with Crippen LogP contribution in [0, 0.1) is 5.92 Å². The zero-order valence-corrected chi connectivity index (χ0v) is 16.5. The minimum atomic E-state index is -0.198. The molecule has 1 amide bonds. The van der Waals surface area contributed by atoms with Gasteiger partial charge in [-0.1, -0.05) is 42.5 Å². The fourth-order valence-electron chi connectivity index (χ4n) is 3.83. The zero-order valence-electron chi connectivity index (χ0n) is 15.7. The molecule has 0 bridgehead atoms. The monoisotopic (exact) mass is 391 g/mol. The van der Waals surface area contributed by atoms with Crippen molar-refractivity contribution in [3.8, 4) is 0 Å². The summed E-state index contributed by atoms with van der Waals surface area (Å²) in [6.45, 7) is 2.57. The van der Waals surface area contributed by atoms with Crippen molar-refractivity contribution in [3.05, 3.63) is 69.9 Å². The van der Waals surface area contributed by atoms with Gasteiger partial charge in [-0.3, -0.25) is 14.4 Å². The van der Waals surface area contributed by atoms with E-state index in [0.717, 1.165) is 29.2 Å². The number of amides is 1. The zero-order chi connectivity index (χ0) is 19.7. The predicted octanol–water partition coefficient (Wildman–Crippen LogP) is 4.84. The third kappa shape index (κ3) is 3.50. The van der Waals surface area contributed by atoms with Crippen LogP contribution in [0.1, 0.15) is 49.5 Å². The van der Waals surface area contributed by atoms with Crippen LogP contribution in [0.4, 0.5) is 0 Å². The molecule has 1 atom stereocenters.